The number of rotatable bonds is 7. The standard InChI is InChI=1S/C19H25N5O3/c1-23(11-17-20-18(22-21-17)12-4-5-12)16-6-7-24(19(16)25)13-8-14(26-2)10-15(9-13)27-3/h8-10,12,16H,4-7,11H2,1-3H3,(H,20,21,22). The fourth-order valence-electron chi connectivity index (χ4n) is 3.53. The average Bonchev–Trinajstić information content (AvgIpc) is 3.31. The fraction of sp³-hybridized carbons (Fsp3) is 0.526. The highest BCUT2D eigenvalue weighted by molar-refractivity contribution is 5.99. The molecule has 2 aromatic rings. The van der Waals surface area contributed by atoms with E-state index < -0.39 is 0 Å². The minimum absolute atomic E-state index is 0.0785. The van der Waals surface area contributed by atoms with Crippen molar-refractivity contribution in [3.8, 4) is 11.5 Å². The number of anilines is 1. The first kappa shape index (κ1) is 17.8. The monoisotopic (exact) mass is 371 g/mol. The summed E-state index contributed by atoms with van der Waals surface area (Å²) in [6.45, 7) is 1.24. The summed E-state index contributed by atoms with van der Waals surface area (Å²) < 4.78 is 10.6. The van der Waals surface area contributed by atoms with Crippen molar-refractivity contribution in [2.45, 2.75) is 37.8 Å². The summed E-state index contributed by atoms with van der Waals surface area (Å²) in [5, 5.41) is 7.30. The van der Waals surface area contributed by atoms with Gasteiger partial charge in [0.15, 0.2) is 5.82 Å². The first-order chi connectivity index (χ1) is 13.1. The van der Waals surface area contributed by atoms with Crippen LogP contribution in [0, 0.1) is 0 Å². The quantitative estimate of drug-likeness (QED) is 0.801. The Labute approximate surface area is 158 Å². The van der Waals surface area contributed by atoms with Crippen molar-refractivity contribution < 1.29 is 14.3 Å². The van der Waals surface area contributed by atoms with Crippen LogP contribution in [0.3, 0.4) is 0 Å². The minimum atomic E-state index is -0.184. The number of hydrogen-bond acceptors (Lipinski definition) is 6. The molecule has 1 N–H and O–H groups in total. The van der Waals surface area contributed by atoms with Crippen LogP contribution in [0.25, 0.3) is 0 Å². The van der Waals surface area contributed by atoms with Crippen molar-refractivity contribution in [1.82, 2.24) is 20.1 Å². The first-order valence-electron chi connectivity index (χ1n) is 9.25. The van der Waals surface area contributed by atoms with E-state index in [9.17, 15) is 4.79 Å². The summed E-state index contributed by atoms with van der Waals surface area (Å²) in [5.74, 6) is 3.66. The van der Waals surface area contributed by atoms with Crippen molar-refractivity contribution in [2.75, 3.05) is 32.7 Å². The Morgan fingerprint density at radius 2 is 1.89 bits per heavy atom. The van der Waals surface area contributed by atoms with Crippen LogP contribution in [0.2, 0.25) is 0 Å². The molecule has 1 aliphatic carbocycles. The second kappa shape index (κ2) is 7.19. The van der Waals surface area contributed by atoms with Gasteiger partial charge in [-0.2, -0.15) is 5.10 Å². The van der Waals surface area contributed by atoms with Gasteiger partial charge in [-0.3, -0.25) is 14.8 Å². The van der Waals surface area contributed by atoms with Crippen molar-refractivity contribution in [2.24, 2.45) is 0 Å². The highest BCUT2D eigenvalue weighted by Crippen LogP contribution is 2.38. The Kier molecular flexibility index (Phi) is 4.73. The van der Waals surface area contributed by atoms with Crippen molar-refractivity contribution in [3.63, 3.8) is 0 Å². The molecule has 0 bridgehead atoms. The molecule has 1 aromatic heterocycles. The van der Waals surface area contributed by atoms with Crippen LogP contribution in [-0.4, -0.2) is 59.8 Å². The summed E-state index contributed by atoms with van der Waals surface area (Å²) in [6.07, 6.45) is 3.11. The lowest BCUT2D eigenvalue weighted by Gasteiger charge is -2.23. The molecule has 0 spiro atoms. The van der Waals surface area contributed by atoms with E-state index in [1.54, 1.807) is 25.2 Å². The molecule has 1 aliphatic heterocycles. The van der Waals surface area contributed by atoms with E-state index in [-0.39, 0.29) is 11.9 Å². The third-order valence-corrected chi connectivity index (χ3v) is 5.25. The molecular formula is C19H25N5O3. The van der Waals surface area contributed by atoms with Gasteiger partial charge >= 0.3 is 0 Å². The molecule has 144 valence electrons. The normalized spacial score (nSPS) is 19.8. The predicted molar refractivity (Wildman–Crippen MR) is 100 cm³/mol. The summed E-state index contributed by atoms with van der Waals surface area (Å²) in [7, 11) is 5.17. The number of hydrogen-bond donors (Lipinski definition) is 1. The SMILES string of the molecule is COc1cc(OC)cc(N2CCC(N(C)Cc3nc(C4CC4)n[nH]3)C2=O)c1. The highest BCUT2D eigenvalue weighted by atomic mass is 16.5. The summed E-state index contributed by atoms with van der Waals surface area (Å²) >= 11 is 0. The third-order valence-electron chi connectivity index (χ3n) is 5.25. The maximum Gasteiger partial charge on any atom is 0.244 e. The van der Waals surface area contributed by atoms with E-state index >= 15 is 0 Å². The highest BCUT2D eigenvalue weighted by Gasteiger charge is 2.36. The van der Waals surface area contributed by atoms with Crippen molar-refractivity contribution in [1.29, 1.82) is 0 Å². The molecule has 1 saturated heterocycles. The van der Waals surface area contributed by atoms with Crippen LogP contribution < -0.4 is 14.4 Å². The van der Waals surface area contributed by atoms with Crippen LogP contribution in [0.15, 0.2) is 18.2 Å². The molecule has 2 heterocycles. The maximum atomic E-state index is 13.0. The molecule has 1 saturated carbocycles. The number of amides is 1. The second-order valence-corrected chi connectivity index (χ2v) is 7.19. The number of ether oxygens (including phenoxy) is 2. The summed E-state index contributed by atoms with van der Waals surface area (Å²) in [4.78, 5) is 21.4. The molecule has 8 nitrogen and oxygen atoms in total. The fourth-order valence-corrected chi connectivity index (χ4v) is 3.53. The van der Waals surface area contributed by atoms with Gasteiger partial charge in [-0.05, 0) is 26.3 Å². The largest absolute Gasteiger partial charge is 0.497 e. The van der Waals surface area contributed by atoms with Gasteiger partial charge in [-0.25, -0.2) is 4.98 Å². The summed E-state index contributed by atoms with van der Waals surface area (Å²) in [6, 6.07) is 5.34. The van der Waals surface area contributed by atoms with Gasteiger partial charge in [0.05, 0.1) is 32.5 Å². The Balaban J connectivity index is 1.45. The molecule has 1 unspecified atom stereocenters. The summed E-state index contributed by atoms with van der Waals surface area (Å²) in [5.41, 5.74) is 0.794. The lowest BCUT2D eigenvalue weighted by Crippen LogP contribution is -2.39. The predicted octanol–water partition coefficient (Wildman–Crippen LogP) is 1.94. The molecule has 1 aromatic carbocycles. The molecule has 1 atom stereocenters. The van der Waals surface area contributed by atoms with E-state index in [1.165, 1.54) is 12.8 Å². The second-order valence-electron chi connectivity index (χ2n) is 7.19. The van der Waals surface area contributed by atoms with Gasteiger partial charge in [0.25, 0.3) is 0 Å². The Morgan fingerprint density at radius 1 is 1.19 bits per heavy atom. The molecular weight excluding hydrogens is 346 g/mol. The zero-order valence-electron chi connectivity index (χ0n) is 15.9. The number of aromatic nitrogens is 3. The maximum absolute atomic E-state index is 13.0. The lowest BCUT2D eigenvalue weighted by molar-refractivity contribution is -0.121. The van der Waals surface area contributed by atoms with E-state index in [0.29, 0.717) is 30.5 Å². The van der Waals surface area contributed by atoms with E-state index in [4.69, 9.17) is 9.47 Å². The van der Waals surface area contributed by atoms with Gasteiger partial charge in [0.2, 0.25) is 5.91 Å². The lowest BCUT2D eigenvalue weighted by atomic mass is 10.2. The van der Waals surface area contributed by atoms with Crippen LogP contribution >= 0.6 is 0 Å². The number of likely N-dealkylation sites (N-methyl/N-ethyl adjacent to an activating group) is 1. The molecule has 2 fully saturated rings. The topological polar surface area (TPSA) is 83.6 Å². The third kappa shape index (κ3) is 3.62. The van der Waals surface area contributed by atoms with Gasteiger partial charge in [-0.1, -0.05) is 0 Å². The van der Waals surface area contributed by atoms with Gasteiger partial charge in [-0.15, -0.1) is 0 Å². The van der Waals surface area contributed by atoms with Crippen LogP contribution in [0.1, 0.15) is 36.8 Å². The average molecular weight is 371 g/mol. The van der Waals surface area contributed by atoms with Gasteiger partial charge in [0.1, 0.15) is 17.3 Å². The zero-order chi connectivity index (χ0) is 19.0. The molecule has 4 rings (SSSR count). The van der Waals surface area contributed by atoms with Crippen molar-refractivity contribution in [3.05, 3.63) is 29.8 Å². The number of benzene rings is 1. The minimum Gasteiger partial charge on any atom is -0.497 e. The van der Waals surface area contributed by atoms with E-state index in [1.807, 2.05) is 24.1 Å². The number of aromatic amines is 1. The van der Waals surface area contributed by atoms with Crippen LogP contribution in [0.4, 0.5) is 5.69 Å². The van der Waals surface area contributed by atoms with Gasteiger partial charge < -0.3 is 14.4 Å². The molecule has 0 radical (unpaired) electrons. The smallest absolute Gasteiger partial charge is 0.244 e. The Morgan fingerprint density at radius 3 is 2.52 bits per heavy atom. The molecule has 8 heteroatoms. The van der Waals surface area contributed by atoms with Crippen LogP contribution in [-0.2, 0) is 11.3 Å². The van der Waals surface area contributed by atoms with Crippen molar-refractivity contribution >= 4 is 11.6 Å². The molecule has 2 aliphatic rings. The van der Waals surface area contributed by atoms with Gasteiger partial charge in [0, 0.05) is 30.7 Å². The number of H-pyrrole nitrogens is 1. The van der Waals surface area contributed by atoms with Crippen LogP contribution in [0.5, 0.6) is 11.5 Å². The Bertz CT molecular complexity index is 810. The van der Waals surface area contributed by atoms with E-state index in [2.05, 4.69) is 15.2 Å². The zero-order valence-corrected chi connectivity index (χ0v) is 15.9. The number of nitrogens with one attached hydrogen (secondary N) is 1. The number of carbonyl (C=O) groups is 1. The molecule has 27 heavy (non-hydrogen) atoms. The van der Waals surface area contributed by atoms with E-state index in [0.717, 1.165) is 23.8 Å². The number of methoxy groups -OCH3 is 2. The number of nitrogens with zero attached hydrogens (tertiary/aromatic N) is 4. The molecule has 1 amide bonds. The number of carbonyl (C=O) groups excluding carboxylic acids is 1. The first-order valence-corrected chi connectivity index (χ1v) is 9.25. The Hall–Kier alpha value is -2.61.